The monoisotopic (exact) mass is 243 g/mol. The molecule has 0 aliphatic rings. The minimum atomic E-state index is -1.07. The first-order valence-electron chi connectivity index (χ1n) is 5.29. The minimum Gasteiger partial charge on any atom is -0.477 e. The summed E-state index contributed by atoms with van der Waals surface area (Å²) in [5.41, 5.74) is 1.31. The highest BCUT2D eigenvalue weighted by Gasteiger charge is 2.11. The average Bonchev–Trinajstić information content (AvgIpc) is 2.86. The Morgan fingerprint density at radius 2 is 2.17 bits per heavy atom. The number of aromatic carboxylic acids is 1. The van der Waals surface area contributed by atoms with Crippen LogP contribution in [0.4, 0.5) is 0 Å². The van der Waals surface area contributed by atoms with Crippen molar-refractivity contribution in [2.75, 3.05) is 0 Å². The maximum atomic E-state index is 10.8. The van der Waals surface area contributed by atoms with Crippen molar-refractivity contribution in [2.24, 2.45) is 0 Å². The Kier molecular flexibility index (Phi) is 2.16. The molecular formula is C12H9N3O3. The molecule has 18 heavy (non-hydrogen) atoms. The highest BCUT2D eigenvalue weighted by Crippen LogP contribution is 2.21. The lowest BCUT2D eigenvalue weighted by atomic mass is 10.2. The number of carboxylic acids is 1. The van der Waals surface area contributed by atoms with Crippen LogP contribution in [-0.4, -0.2) is 25.4 Å². The summed E-state index contributed by atoms with van der Waals surface area (Å²) in [5.74, 6) is -0.116. The molecule has 0 aromatic carbocycles. The number of pyridine rings is 1. The zero-order valence-electron chi connectivity index (χ0n) is 9.49. The normalized spacial score (nSPS) is 10.9. The summed E-state index contributed by atoms with van der Waals surface area (Å²) < 4.78 is 7.24. The highest BCUT2D eigenvalue weighted by atomic mass is 16.4. The molecule has 6 nitrogen and oxygen atoms in total. The second kappa shape index (κ2) is 3.69. The van der Waals surface area contributed by atoms with Crippen molar-refractivity contribution in [1.82, 2.24) is 14.4 Å². The molecule has 0 radical (unpaired) electrons. The second-order valence-corrected chi connectivity index (χ2v) is 3.88. The molecule has 0 aliphatic heterocycles. The Morgan fingerprint density at radius 3 is 2.89 bits per heavy atom. The molecule has 3 aromatic heterocycles. The fourth-order valence-electron chi connectivity index (χ4n) is 1.72. The van der Waals surface area contributed by atoms with Crippen molar-refractivity contribution in [3.8, 4) is 11.5 Å². The largest absolute Gasteiger partial charge is 0.477 e. The first kappa shape index (κ1) is 10.5. The van der Waals surface area contributed by atoms with E-state index in [-0.39, 0.29) is 5.69 Å². The summed E-state index contributed by atoms with van der Waals surface area (Å²) in [4.78, 5) is 19.0. The Labute approximate surface area is 102 Å². The van der Waals surface area contributed by atoms with Gasteiger partial charge in [0.2, 0.25) is 0 Å². The van der Waals surface area contributed by atoms with Gasteiger partial charge < -0.3 is 9.52 Å². The molecule has 0 unspecified atom stereocenters. The second-order valence-electron chi connectivity index (χ2n) is 3.88. The molecule has 3 rings (SSSR count). The number of oxazole rings is 1. The Morgan fingerprint density at radius 1 is 1.33 bits per heavy atom. The van der Waals surface area contributed by atoms with Crippen LogP contribution < -0.4 is 0 Å². The standard InChI is InChI=1S/C12H9N3O3/c1-7-5-15-6-10(18-12(15)13-7)8-3-2-4-9(14-8)11(16)17/h2-6H,1H3,(H,16,17). The molecule has 3 aromatic rings. The van der Waals surface area contributed by atoms with Gasteiger partial charge in [0.1, 0.15) is 11.4 Å². The molecule has 0 fully saturated rings. The van der Waals surface area contributed by atoms with Gasteiger partial charge in [0.15, 0.2) is 5.76 Å². The van der Waals surface area contributed by atoms with Crippen molar-refractivity contribution in [3.63, 3.8) is 0 Å². The van der Waals surface area contributed by atoms with Gasteiger partial charge in [-0.25, -0.2) is 9.78 Å². The molecule has 1 N–H and O–H groups in total. The summed E-state index contributed by atoms with van der Waals surface area (Å²) >= 11 is 0. The first-order valence-corrected chi connectivity index (χ1v) is 5.29. The number of aryl methyl sites for hydroxylation is 1. The van der Waals surface area contributed by atoms with E-state index < -0.39 is 5.97 Å². The van der Waals surface area contributed by atoms with Crippen LogP contribution in [0.25, 0.3) is 17.3 Å². The number of nitrogens with zero attached hydrogens (tertiary/aromatic N) is 3. The molecule has 0 amide bonds. The van der Waals surface area contributed by atoms with Gasteiger partial charge in [0.05, 0.1) is 11.9 Å². The predicted octanol–water partition coefficient (Wildman–Crippen LogP) is 2.00. The van der Waals surface area contributed by atoms with Crippen molar-refractivity contribution in [2.45, 2.75) is 6.92 Å². The molecule has 90 valence electrons. The van der Waals surface area contributed by atoms with Gasteiger partial charge in [-0.15, -0.1) is 0 Å². The predicted molar refractivity (Wildman–Crippen MR) is 62.4 cm³/mol. The number of rotatable bonds is 2. The summed E-state index contributed by atoms with van der Waals surface area (Å²) in [5, 5.41) is 8.88. The van der Waals surface area contributed by atoms with E-state index in [2.05, 4.69) is 9.97 Å². The Hall–Kier alpha value is -2.63. The maximum absolute atomic E-state index is 10.8. The molecule has 3 heterocycles. The first-order chi connectivity index (χ1) is 8.63. The maximum Gasteiger partial charge on any atom is 0.354 e. The fraction of sp³-hybridized carbons (Fsp3) is 0.0833. The van der Waals surface area contributed by atoms with Crippen LogP contribution in [0.5, 0.6) is 0 Å². The molecule has 0 saturated heterocycles. The van der Waals surface area contributed by atoms with E-state index in [0.29, 0.717) is 17.3 Å². The summed E-state index contributed by atoms with van der Waals surface area (Å²) in [7, 11) is 0. The van der Waals surface area contributed by atoms with E-state index in [0.717, 1.165) is 5.69 Å². The van der Waals surface area contributed by atoms with Gasteiger partial charge in [-0.05, 0) is 19.1 Å². The van der Waals surface area contributed by atoms with E-state index in [9.17, 15) is 4.79 Å². The lowest BCUT2D eigenvalue weighted by Crippen LogP contribution is -2.00. The minimum absolute atomic E-state index is 0.0160. The number of aromatic nitrogens is 3. The smallest absolute Gasteiger partial charge is 0.354 e. The van der Waals surface area contributed by atoms with E-state index >= 15 is 0 Å². The van der Waals surface area contributed by atoms with Crippen molar-refractivity contribution < 1.29 is 14.3 Å². The topological polar surface area (TPSA) is 80.6 Å². The molecule has 0 spiro atoms. The van der Waals surface area contributed by atoms with Crippen LogP contribution in [0.1, 0.15) is 16.2 Å². The van der Waals surface area contributed by atoms with Gasteiger partial charge in [-0.3, -0.25) is 4.40 Å². The number of imidazole rings is 1. The number of fused-ring (bicyclic) bond motifs is 1. The van der Waals surface area contributed by atoms with Gasteiger partial charge in [0.25, 0.3) is 0 Å². The van der Waals surface area contributed by atoms with Gasteiger partial charge in [-0.2, -0.15) is 4.98 Å². The van der Waals surface area contributed by atoms with Crippen molar-refractivity contribution >= 4 is 11.8 Å². The lowest BCUT2D eigenvalue weighted by Gasteiger charge is -1.97. The van der Waals surface area contributed by atoms with Crippen LogP contribution in [0.3, 0.4) is 0 Å². The van der Waals surface area contributed by atoms with Gasteiger partial charge in [-0.1, -0.05) is 6.07 Å². The van der Waals surface area contributed by atoms with Crippen LogP contribution >= 0.6 is 0 Å². The van der Waals surface area contributed by atoms with Crippen LogP contribution in [0, 0.1) is 6.92 Å². The van der Waals surface area contributed by atoms with Gasteiger partial charge >= 0.3 is 11.8 Å². The highest BCUT2D eigenvalue weighted by molar-refractivity contribution is 5.85. The molecule has 0 aliphatic carbocycles. The van der Waals surface area contributed by atoms with Crippen LogP contribution in [-0.2, 0) is 0 Å². The lowest BCUT2D eigenvalue weighted by molar-refractivity contribution is 0.0690. The van der Waals surface area contributed by atoms with Gasteiger partial charge in [0, 0.05) is 6.20 Å². The Balaban J connectivity index is 2.10. The quantitative estimate of drug-likeness (QED) is 0.744. The summed E-state index contributed by atoms with van der Waals surface area (Å²) in [6.07, 6.45) is 3.55. The van der Waals surface area contributed by atoms with Crippen molar-refractivity contribution in [3.05, 3.63) is 42.0 Å². The van der Waals surface area contributed by atoms with Crippen LogP contribution in [0.15, 0.2) is 35.0 Å². The zero-order valence-corrected chi connectivity index (χ0v) is 9.49. The molecule has 6 heteroatoms. The number of carboxylic acid groups (broad SMARTS) is 1. The Bertz CT molecular complexity index is 710. The zero-order chi connectivity index (χ0) is 12.7. The third-order valence-electron chi connectivity index (χ3n) is 2.50. The number of hydrogen-bond donors (Lipinski definition) is 1. The van der Waals surface area contributed by atoms with Crippen molar-refractivity contribution in [1.29, 1.82) is 0 Å². The molecule has 0 atom stereocenters. The molecular weight excluding hydrogens is 234 g/mol. The third kappa shape index (κ3) is 1.64. The number of carbonyl (C=O) groups is 1. The molecule has 0 saturated carbocycles. The van der Waals surface area contributed by atoms with E-state index in [1.54, 1.807) is 22.7 Å². The number of hydrogen-bond acceptors (Lipinski definition) is 4. The summed E-state index contributed by atoms with van der Waals surface area (Å²) in [6.45, 7) is 1.87. The van der Waals surface area contributed by atoms with E-state index in [1.165, 1.54) is 6.07 Å². The van der Waals surface area contributed by atoms with E-state index in [1.807, 2.05) is 13.1 Å². The average molecular weight is 243 g/mol. The third-order valence-corrected chi connectivity index (χ3v) is 2.50. The van der Waals surface area contributed by atoms with E-state index in [4.69, 9.17) is 9.52 Å². The molecule has 0 bridgehead atoms. The summed E-state index contributed by atoms with van der Waals surface area (Å²) in [6, 6.07) is 4.75. The fourth-order valence-corrected chi connectivity index (χ4v) is 1.72. The van der Waals surface area contributed by atoms with Crippen LogP contribution in [0.2, 0.25) is 0 Å². The SMILES string of the molecule is Cc1cn2cc(-c3cccc(C(=O)O)n3)oc2n1.